The Morgan fingerprint density at radius 3 is 3.00 bits per heavy atom. The maximum absolute atomic E-state index is 12.9. The Morgan fingerprint density at radius 2 is 2.16 bits per heavy atom. The molecule has 1 amide bonds. The second kappa shape index (κ2) is 6.84. The average Bonchev–Trinajstić information content (AvgIpc) is 3.19. The summed E-state index contributed by atoms with van der Waals surface area (Å²) in [6.07, 6.45) is 1.89. The quantitative estimate of drug-likeness (QED) is 0.849. The predicted molar refractivity (Wildman–Crippen MR) is 89.9 cm³/mol. The minimum atomic E-state index is -0.0192. The summed E-state index contributed by atoms with van der Waals surface area (Å²) in [4.78, 5) is 17.0. The smallest absolute Gasteiger partial charge is 0.237 e. The Kier molecular flexibility index (Phi) is 4.40. The molecule has 1 aromatic carbocycles. The fraction of sp³-hybridized carbons (Fsp3) is 0.500. The van der Waals surface area contributed by atoms with Crippen LogP contribution in [0.1, 0.15) is 35.8 Å². The first-order chi connectivity index (χ1) is 12.2. The molecule has 7 heteroatoms. The van der Waals surface area contributed by atoms with Gasteiger partial charge in [-0.15, -0.1) is 0 Å². The van der Waals surface area contributed by atoms with Gasteiger partial charge in [-0.3, -0.25) is 9.69 Å². The molecular weight excluding hydrogens is 320 g/mol. The van der Waals surface area contributed by atoms with E-state index in [0.717, 1.165) is 55.2 Å². The Labute approximate surface area is 146 Å². The molecule has 3 heterocycles. The van der Waals surface area contributed by atoms with Gasteiger partial charge in [-0.1, -0.05) is 28.5 Å². The molecule has 0 radical (unpaired) electrons. The van der Waals surface area contributed by atoms with Crippen LogP contribution in [-0.2, 0) is 11.3 Å². The maximum atomic E-state index is 12.9. The predicted octanol–water partition coefficient (Wildman–Crippen LogP) is 1.94. The van der Waals surface area contributed by atoms with Crippen LogP contribution in [-0.4, -0.2) is 52.3 Å². The number of benzene rings is 1. The number of likely N-dealkylation sites (tertiary alicyclic amines) is 1. The Morgan fingerprint density at radius 1 is 1.28 bits per heavy atom. The molecule has 0 bridgehead atoms. The molecule has 0 saturated carbocycles. The molecule has 7 nitrogen and oxygen atoms in total. The third kappa shape index (κ3) is 3.24. The molecule has 1 fully saturated rings. The lowest BCUT2D eigenvalue weighted by molar-refractivity contribution is -0.133. The Bertz CT molecular complexity index is 760. The van der Waals surface area contributed by atoms with Crippen LogP contribution < -0.4 is 4.74 Å². The van der Waals surface area contributed by atoms with E-state index < -0.39 is 0 Å². The number of carbonyl (C=O) groups excluding carboxylic acids is 1. The minimum Gasteiger partial charge on any atom is -0.492 e. The second-order valence-electron chi connectivity index (χ2n) is 6.65. The fourth-order valence-electron chi connectivity index (χ4n) is 3.69. The van der Waals surface area contributed by atoms with Crippen molar-refractivity contribution >= 4 is 5.91 Å². The molecule has 132 valence electrons. The van der Waals surface area contributed by atoms with E-state index in [-0.39, 0.29) is 11.9 Å². The van der Waals surface area contributed by atoms with Gasteiger partial charge in [0.1, 0.15) is 23.7 Å². The first-order valence-electron chi connectivity index (χ1n) is 8.74. The summed E-state index contributed by atoms with van der Waals surface area (Å²) in [6, 6.07) is 8.00. The number of carbonyl (C=O) groups is 1. The molecule has 2 aromatic rings. The third-order valence-corrected chi connectivity index (χ3v) is 4.97. The van der Waals surface area contributed by atoms with E-state index in [1.165, 1.54) is 0 Å². The molecule has 1 atom stereocenters. The zero-order valence-electron chi connectivity index (χ0n) is 14.4. The third-order valence-electron chi connectivity index (χ3n) is 4.97. The molecule has 1 aromatic heterocycles. The molecule has 0 N–H and O–H groups in total. The van der Waals surface area contributed by atoms with Gasteiger partial charge >= 0.3 is 0 Å². The number of hydrogen-bond donors (Lipinski definition) is 0. The van der Waals surface area contributed by atoms with Gasteiger partial charge in [0.15, 0.2) is 0 Å². The van der Waals surface area contributed by atoms with Crippen LogP contribution >= 0.6 is 0 Å². The van der Waals surface area contributed by atoms with Gasteiger partial charge in [-0.25, -0.2) is 4.63 Å². The first kappa shape index (κ1) is 16.1. The van der Waals surface area contributed by atoms with Gasteiger partial charge in [0.05, 0.1) is 12.6 Å². The average molecular weight is 342 g/mol. The van der Waals surface area contributed by atoms with E-state index in [1.54, 1.807) is 0 Å². The number of rotatable bonds is 3. The number of para-hydroxylation sites is 1. The lowest BCUT2D eigenvalue weighted by atomic mass is 10.1. The fourth-order valence-corrected chi connectivity index (χ4v) is 3.69. The van der Waals surface area contributed by atoms with Crippen LogP contribution in [0, 0.1) is 6.92 Å². The van der Waals surface area contributed by atoms with Crippen molar-refractivity contribution in [1.82, 2.24) is 20.1 Å². The van der Waals surface area contributed by atoms with Crippen LogP contribution in [0.5, 0.6) is 5.75 Å². The summed E-state index contributed by atoms with van der Waals surface area (Å²) in [7, 11) is 0. The van der Waals surface area contributed by atoms with Crippen molar-refractivity contribution in [3.8, 4) is 5.75 Å². The molecule has 0 spiro atoms. The van der Waals surface area contributed by atoms with Crippen molar-refractivity contribution in [3.63, 3.8) is 0 Å². The number of aromatic nitrogens is 2. The van der Waals surface area contributed by atoms with E-state index in [2.05, 4.69) is 21.3 Å². The highest BCUT2D eigenvalue weighted by Gasteiger charge is 2.34. The Hall–Kier alpha value is -2.41. The van der Waals surface area contributed by atoms with E-state index in [0.29, 0.717) is 13.2 Å². The van der Waals surface area contributed by atoms with E-state index in [4.69, 9.17) is 9.37 Å². The largest absolute Gasteiger partial charge is 0.492 e. The van der Waals surface area contributed by atoms with Gasteiger partial charge in [0.2, 0.25) is 5.91 Å². The molecule has 0 unspecified atom stereocenters. The highest BCUT2D eigenvalue weighted by molar-refractivity contribution is 5.79. The highest BCUT2D eigenvalue weighted by Crippen LogP contribution is 2.32. The molecule has 25 heavy (non-hydrogen) atoms. The van der Waals surface area contributed by atoms with Gasteiger partial charge in [-0.05, 0) is 25.8 Å². The van der Waals surface area contributed by atoms with Crippen molar-refractivity contribution < 1.29 is 14.2 Å². The lowest BCUT2D eigenvalue weighted by Crippen LogP contribution is -2.40. The number of aryl methyl sites for hydroxylation is 1. The molecular formula is C18H22N4O3. The van der Waals surface area contributed by atoms with Crippen LogP contribution in [0.15, 0.2) is 28.9 Å². The van der Waals surface area contributed by atoms with Gasteiger partial charge in [0.25, 0.3) is 0 Å². The molecule has 4 rings (SSSR count). The SMILES string of the molecule is Cc1nonc1[C@H]1CCCN1C(=O)CN1CCOc2ccccc2C1. The Balaban J connectivity index is 1.45. The molecule has 1 saturated heterocycles. The van der Waals surface area contributed by atoms with Crippen LogP contribution in [0.2, 0.25) is 0 Å². The van der Waals surface area contributed by atoms with Crippen molar-refractivity contribution in [2.75, 3.05) is 26.2 Å². The topological polar surface area (TPSA) is 71.7 Å². The number of nitrogens with zero attached hydrogens (tertiary/aromatic N) is 4. The molecule has 0 aliphatic carbocycles. The lowest BCUT2D eigenvalue weighted by Gasteiger charge is -2.27. The monoisotopic (exact) mass is 342 g/mol. The van der Waals surface area contributed by atoms with E-state index in [1.807, 2.05) is 30.0 Å². The minimum absolute atomic E-state index is 0.0192. The molecule has 2 aliphatic rings. The van der Waals surface area contributed by atoms with E-state index >= 15 is 0 Å². The van der Waals surface area contributed by atoms with Gasteiger partial charge in [-0.2, -0.15) is 0 Å². The standard InChI is InChI=1S/C18H22N4O3/c1-13-18(20-25-19-13)15-6-4-8-22(15)17(23)12-21-9-10-24-16-7-3-2-5-14(16)11-21/h2-3,5,7,15H,4,6,8-12H2,1H3/t15-/m1/s1. The van der Waals surface area contributed by atoms with Crippen LogP contribution in [0.4, 0.5) is 0 Å². The first-order valence-corrected chi connectivity index (χ1v) is 8.74. The van der Waals surface area contributed by atoms with Crippen LogP contribution in [0.25, 0.3) is 0 Å². The summed E-state index contributed by atoms with van der Waals surface area (Å²) < 4.78 is 10.6. The highest BCUT2D eigenvalue weighted by atomic mass is 16.6. The zero-order valence-corrected chi connectivity index (χ0v) is 14.4. The maximum Gasteiger partial charge on any atom is 0.237 e. The number of fused-ring (bicyclic) bond motifs is 1. The zero-order chi connectivity index (χ0) is 17.2. The number of amides is 1. The van der Waals surface area contributed by atoms with Crippen LogP contribution in [0.3, 0.4) is 0 Å². The van der Waals surface area contributed by atoms with E-state index in [9.17, 15) is 4.79 Å². The number of hydrogen-bond acceptors (Lipinski definition) is 6. The van der Waals surface area contributed by atoms with Crippen molar-refractivity contribution in [1.29, 1.82) is 0 Å². The molecule has 2 aliphatic heterocycles. The summed E-state index contributed by atoms with van der Waals surface area (Å²) in [5.74, 6) is 1.05. The van der Waals surface area contributed by atoms with Gasteiger partial charge < -0.3 is 9.64 Å². The summed E-state index contributed by atoms with van der Waals surface area (Å²) in [5, 5.41) is 7.87. The van der Waals surface area contributed by atoms with Crippen molar-refractivity contribution in [2.45, 2.75) is 32.4 Å². The van der Waals surface area contributed by atoms with Gasteiger partial charge in [0, 0.05) is 25.2 Å². The number of ether oxygens (including phenoxy) is 1. The summed E-state index contributed by atoms with van der Waals surface area (Å²) in [6.45, 7) is 5.08. The summed E-state index contributed by atoms with van der Waals surface area (Å²) >= 11 is 0. The van der Waals surface area contributed by atoms with Crippen molar-refractivity contribution in [3.05, 3.63) is 41.2 Å². The van der Waals surface area contributed by atoms with Crippen molar-refractivity contribution in [2.24, 2.45) is 0 Å². The second-order valence-corrected chi connectivity index (χ2v) is 6.65. The summed E-state index contributed by atoms with van der Waals surface area (Å²) in [5.41, 5.74) is 2.68. The normalized spacial score (nSPS) is 20.8.